The second-order valence-corrected chi connectivity index (χ2v) is 5.26. The van der Waals surface area contributed by atoms with Crippen molar-refractivity contribution in [2.75, 3.05) is 26.8 Å². The molecule has 2 unspecified atom stereocenters. The second-order valence-electron chi connectivity index (χ2n) is 5.26. The first-order chi connectivity index (χ1) is 10.6. The van der Waals surface area contributed by atoms with Crippen LogP contribution in [0.2, 0.25) is 0 Å². The maximum absolute atomic E-state index is 12.2. The van der Waals surface area contributed by atoms with Gasteiger partial charge in [0, 0.05) is 19.0 Å². The van der Waals surface area contributed by atoms with Gasteiger partial charge in [-0.15, -0.1) is 0 Å². The molecule has 2 rings (SSSR count). The lowest BCUT2D eigenvalue weighted by Crippen LogP contribution is -2.45. The van der Waals surface area contributed by atoms with E-state index in [2.05, 4.69) is 0 Å². The average molecular weight is 307 g/mol. The van der Waals surface area contributed by atoms with Gasteiger partial charge in [0.05, 0.1) is 19.6 Å². The highest BCUT2D eigenvalue weighted by molar-refractivity contribution is 5.75. The summed E-state index contributed by atoms with van der Waals surface area (Å²) in [5.74, 6) is -0.104. The third kappa shape index (κ3) is 3.50. The Bertz CT molecular complexity index is 528. The van der Waals surface area contributed by atoms with E-state index in [0.717, 1.165) is 11.3 Å². The molecule has 1 aromatic carbocycles. The third-order valence-corrected chi connectivity index (χ3v) is 4.02. The van der Waals surface area contributed by atoms with Gasteiger partial charge < -0.3 is 19.5 Å². The molecule has 1 saturated heterocycles. The van der Waals surface area contributed by atoms with Crippen LogP contribution in [0.3, 0.4) is 0 Å². The zero-order chi connectivity index (χ0) is 16.1. The molecule has 0 saturated carbocycles. The number of carbonyl (C=O) groups is 2. The quantitative estimate of drug-likeness (QED) is 0.864. The van der Waals surface area contributed by atoms with Crippen LogP contribution in [-0.4, -0.2) is 48.9 Å². The molecule has 22 heavy (non-hydrogen) atoms. The van der Waals surface area contributed by atoms with Gasteiger partial charge >= 0.3 is 12.1 Å². The SMILES string of the molecule is CCOC(=O)C1CN(C(=O)O)CCC1c1ccc(OC)cc1. The van der Waals surface area contributed by atoms with E-state index in [4.69, 9.17) is 14.6 Å². The fourth-order valence-electron chi connectivity index (χ4n) is 2.86. The predicted molar refractivity (Wildman–Crippen MR) is 80.1 cm³/mol. The molecule has 0 radical (unpaired) electrons. The van der Waals surface area contributed by atoms with E-state index in [1.165, 1.54) is 4.90 Å². The van der Waals surface area contributed by atoms with Crippen molar-refractivity contribution in [2.24, 2.45) is 5.92 Å². The molecule has 1 amide bonds. The highest BCUT2D eigenvalue weighted by atomic mass is 16.5. The maximum Gasteiger partial charge on any atom is 0.407 e. The molecular weight excluding hydrogens is 286 g/mol. The van der Waals surface area contributed by atoms with E-state index in [1.54, 1.807) is 14.0 Å². The zero-order valence-electron chi connectivity index (χ0n) is 12.8. The summed E-state index contributed by atoms with van der Waals surface area (Å²) in [7, 11) is 1.60. The van der Waals surface area contributed by atoms with Crippen LogP contribution in [0.4, 0.5) is 4.79 Å². The number of hydrogen-bond acceptors (Lipinski definition) is 4. The number of carbonyl (C=O) groups excluding carboxylic acids is 1. The molecule has 1 heterocycles. The Morgan fingerprint density at radius 3 is 2.55 bits per heavy atom. The number of rotatable bonds is 4. The number of benzene rings is 1. The minimum atomic E-state index is -0.998. The summed E-state index contributed by atoms with van der Waals surface area (Å²) in [5, 5.41) is 9.15. The third-order valence-electron chi connectivity index (χ3n) is 4.02. The molecule has 1 aromatic rings. The number of hydrogen-bond donors (Lipinski definition) is 1. The summed E-state index contributed by atoms with van der Waals surface area (Å²) in [6, 6.07) is 7.54. The van der Waals surface area contributed by atoms with Crippen LogP contribution in [0.5, 0.6) is 5.75 Å². The summed E-state index contributed by atoms with van der Waals surface area (Å²) >= 11 is 0. The van der Waals surface area contributed by atoms with Crippen molar-refractivity contribution in [3.63, 3.8) is 0 Å². The van der Waals surface area contributed by atoms with Crippen LogP contribution in [0.1, 0.15) is 24.8 Å². The molecule has 6 nitrogen and oxygen atoms in total. The molecule has 1 fully saturated rings. The summed E-state index contributed by atoms with van der Waals surface area (Å²) in [6.45, 7) is 2.63. The molecule has 0 spiro atoms. The van der Waals surface area contributed by atoms with E-state index in [0.29, 0.717) is 13.0 Å². The van der Waals surface area contributed by atoms with Gasteiger partial charge in [0.15, 0.2) is 0 Å². The van der Waals surface area contributed by atoms with E-state index in [1.807, 2.05) is 24.3 Å². The van der Waals surface area contributed by atoms with E-state index in [9.17, 15) is 9.59 Å². The summed E-state index contributed by atoms with van der Waals surface area (Å²) in [4.78, 5) is 24.7. The lowest BCUT2D eigenvalue weighted by molar-refractivity contribution is -0.150. The Hall–Kier alpha value is -2.24. The minimum Gasteiger partial charge on any atom is -0.497 e. The Morgan fingerprint density at radius 2 is 2.00 bits per heavy atom. The van der Waals surface area contributed by atoms with Gasteiger partial charge in [-0.3, -0.25) is 4.79 Å². The van der Waals surface area contributed by atoms with Gasteiger partial charge in [0.1, 0.15) is 5.75 Å². The first kappa shape index (κ1) is 16.1. The minimum absolute atomic E-state index is 0.0412. The van der Waals surface area contributed by atoms with Gasteiger partial charge in [-0.1, -0.05) is 12.1 Å². The Morgan fingerprint density at radius 1 is 1.32 bits per heavy atom. The van der Waals surface area contributed by atoms with Gasteiger partial charge in [0.25, 0.3) is 0 Å². The number of piperidine rings is 1. The van der Waals surface area contributed by atoms with E-state index < -0.39 is 12.0 Å². The van der Waals surface area contributed by atoms with Crippen molar-refractivity contribution in [1.82, 2.24) is 4.90 Å². The van der Waals surface area contributed by atoms with Crippen molar-refractivity contribution < 1.29 is 24.2 Å². The number of methoxy groups -OCH3 is 1. The van der Waals surface area contributed by atoms with Crippen LogP contribution < -0.4 is 4.74 Å². The monoisotopic (exact) mass is 307 g/mol. The van der Waals surface area contributed by atoms with Crippen molar-refractivity contribution in [2.45, 2.75) is 19.3 Å². The molecule has 0 bridgehead atoms. The fraction of sp³-hybridized carbons (Fsp3) is 0.500. The van der Waals surface area contributed by atoms with Crippen molar-refractivity contribution in [3.05, 3.63) is 29.8 Å². The van der Waals surface area contributed by atoms with Gasteiger partial charge in [-0.25, -0.2) is 4.79 Å². The van der Waals surface area contributed by atoms with Gasteiger partial charge in [-0.2, -0.15) is 0 Å². The molecule has 1 N–H and O–H groups in total. The highest BCUT2D eigenvalue weighted by Gasteiger charge is 2.37. The Kier molecular flexibility index (Phi) is 5.25. The molecule has 1 aliphatic heterocycles. The molecular formula is C16H21NO5. The summed E-state index contributed by atoms with van der Waals surface area (Å²) < 4.78 is 10.3. The fourth-order valence-corrected chi connectivity index (χ4v) is 2.86. The number of amides is 1. The number of nitrogens with zero attached hydrogens (tertiary/aromatic N) is 1. The van der Waals surface area contributed by atoms with Crippen LogP contribution in [0, 0.1) is 5.92 Å². The number of carboxylic acid groups (broad SMARTS) is 1. The van der Waals surface area contributed by atoms with Crippen LogP contribution in [-0.2, 0) is 9.53 Å². The molecule has 2 atom stereocenters. The lowest BCUT2D eigenvalue weighted by atomic mass is 9.80. The first-order valence-electron chi connectivity index (χ1n) is 7.35. The molecule has 120 valence electrons. The van der Waals surface area contributed by atoms with E-state index >= 15 is 0 Å². The van der Waals surface area contributed by atoms with Crippen LogP contribution in [0.15, 0.2) is 24.3 Å². The standard InChI is InChI=1S/C16H21NO5/c1-3-22-15(18)14-10-17(16(19)20)9-8-13(14)11-4-6-12(21-2)7-5-11/h4-7,13-14H,3,8-10H2,1-2H3,(H,19,20). The second kappa shape index (κ2) is 7.15. The number of esters is 1. The normalized spacial score (nSPS) is 21.3. The number of ether oxygens (including phenoxy) is 2. The largest absolute Gasteiger partial charge is 0.497 e. The van der Waals surface area contributed by atoms with E-state index in [-0.39, 0.29) is 25.0 Å². The number of likely N-dealkylation sites (tertiary alicyclic amines) is 1. The predicted octanol–water partition coefficient (Wildman–Crippen LogP) is 2.34. The first-order valence-corrected chi connectivity index (χ1v) is 7.35. The summed E-state index contributed by atoms with van der Waals surface area (Å²) in [6.07, 6.45) is -0.398. The smallest absolute Gasteiger partial charge is 0.407 e. The zero-order valence-corrected chi connectivity index (χ0v) is 12.8. The molecule has 6 heteroatoms. The average Bonchev–Trinajstić information content (AvgIpc) is 2.54. The van der Waals surface area contributed by atoms with Crippen molar-refractivity contribution >= 4 is 12.1 Å². The topological polar surface area (TPSA) is 76.1 Å². The van der Waals surface area contributed by atoms with Gasteiger partial charge in [0.2, 0.25) is 0 Å². The Balaban J connectivity index is 2.22. The summed E-state index contributed by atoms with van der Waals surface area (Å²) in [5.41, 5.74) is 1.00. The van der Waals surface area contributed by atoms with Crippen molar-refractivity contribution in [1.29, 1.82) is 0 Å². The molecule has 1 aliphatic rings. The van der Waals surface area contributed by atoms with Crippen molar-refractivity contribution in [3.8, 4) is 5.75 Å². The lowest BCUT2D eigenvalue weighted by Gasteiger charge is -2.36. The highest BCUT2D eigenvalue weighted by Crippen LogP contribution is 2.34. The maximum atomic E-state index is 12.2. The molecule has 0 aromatic heterocycles. The Labute approximate surface area is 129 Å². The van der Waals surface area contributed by atoms with Gasteiger partial charge in [-0.05, 0) is 31.0 Å². The van der Waals surface area contributed by atoms with Crippen LogP contribution >= 0.6 is 0 Å². The van der Waals surface area contributed by atoms with Crippen LogP contribution in [0.25, 0.3) is 0 Å². The molecule has 0 aliphatic carbocycles.